The quantitative estimate of drug-likeness (QED) is 0.779. The molecule has 0 aromatic carbocycles. The number of likely N-dealkylation sites (tertiary alicyclic amines) is 1. The Bertz CT molecular complexity index is 349. The number of piperidine rings is 1. The van der Waals surface area contributed by atoms with Crippen molar-refractivity contribution in [1.29, 1.82) is 0 Å². The van der Waals surface area contributed by atoms with Gasteiger partial charge in [0, 0.05) is 25.4 Å². The summed E-state index contributed by atoms with van der Waals surface area (Å²) >= 11 is 0. The predicted molar refractivity (Wildman–Crippen MR) is 79.8 cm³/mol. The molecule has 1 aliphatic heterocycles. The molecule has 1 saturated heterocycles. The molecule has 21 heavy (non-hydrogen) atoms. The highest BCUT2D eigenvalue weighted by atomic mass is 16.5. The molecule has 1 aliphatic rings. The van der Waals surface area contributed by atoms with Gasteiger partial charge in [0.25, 0.3) is 0 Å². The fraction of sp³-hybridized carbons (Fsp3) is 0.867. The number of aliphatic hydroxyl groups is 1. The maximum absolute atomic E-state index is 12.1. The van der Waals surface area contributed by atoms with Crippen LogP contribution in [0.25, 0.3) is 0 Å². The Hall–Kier alpha value is -1.30. The molecular weight excluding hydrogens is 272 g/mol. The second-order valence-electron chi connectivity index (χ2n) is 5.58. The van der Waals surface area contributed by atoms with Crippen LogP contribution in [0.2, 0.25) is 0 Å². The molecule has 6 heteroatoms. The van der Waals surface area contributed by atoms with Crippen LogP contribution in [0.3, 0.4) is 0 Å². The summed E-state index contributed by atoms with van der Waals surface area (Å²) in [7, 11) is 0. The minimum Gasteiger partial charge on any atom is -0.450 e. The molecule has 2 N–H and O–H groups in total. The molecule has 0 bridgehead atoms. The van der Waals surface area contributed by atoms with Gasteiger partial charge in [0.05, 0.1) is 18.8 Å². The smallest absolute Gasteiger partial charge is 0.407 e. The van der Waals surface area contributed by atoms with Gasteiger partial charge in [-0.2, -0.15) is 0 Å². The number of alkyl carbamates (subject to hydrolysis) is 1. The number of hydrogen-bond donors (Lipinski definition) is 2. The van der Waals surface area contributed by atoms with Gasteiger partial charge < -0.3 is 20.1 Å². The van der Waals surface area contributed by atoms with Crippen molar-refractivity contribution in [1.82, 2.24) is 10.2 Å². The highest BCUT2D eigenvalue weighted by Gasteiger charge is 2.33. The van der Waals surface area contributed by atoms with E-state index in [1.54, 1.807) is 11.8 Å². The number of rotatable bonds is 6. The zero-order valence-corrected chi connectivity index (χ0v) is 13.3. The zero-order chi connectivity index (χ0) is 15.8. The number of amides is 2. The predicted octanol–water partition coefficient (Wildman–Crippen LogP) is 1.52. The lowest BCUT2D eigenvalue weighted by Crippen LogP contribution is -2.54. The number of nitrogens with one attached hydrogen (secondary N) is 1. The summed E-state index contributed by atoms with van der Waals surface area (Å²) in [6.45, 7) is 7.01. The van der Waals surface area contributed by atoms with Crippen molar-refractivity contribution >= 4 is 12.0 Å². The first-order valence-electron chi connectivity index (χ1n) is 7.90. The van der Waals surface area contributed by atoms with Gasteiger partial charge in [-0.05, 0) is 26.2 Å². The van der Waals surface area contributed by atoms with Crippen LogP contribution in [0, 0.1) is 5.92 Å². The Morgan fingerprint density at radius 1 is 1.33 bits per heavy atom. The fourth-order valence-electron chi connectivity index (χ4n) is 2.77. The first-order valence-corrected chi connectivity index (χ1v) is 7.90. The molecule has 0 radical (unpaired) electrons. The van der Waals surface area contributed by atoms with Crippen LogP contribution >= 0.6 is 0 Å². The lowest BCUT2D eigenvalue weighted by atomic mass is 9.88. The van der Waals surface area contributed by atoms with Crippen molar-refractivity contribution in [3.63, 3.8) is 0 Å². The Balaban J connectivity index is 2.69. The second-order valence-corrected chi connectivity index (χ2v) is 5.58. The molecular formula is C15H28N2O4. The van der Waals surface area contributed by atoms with E-state index >= 15 is 0 Å². The van der Waals surface area contributed by atoms with E-state index in [2.05, 4.69) is 5.32 Å². The molecule has 0 saturated carbocycles. The van der Waals surface area contributed by atoms with Crippen LogP contribution in [0.15, 0.2) is 0 Å². The molecule has 2 amide bonds. The lowest BCUT2D eigenvalue weighted by molar-refractivity contribution is -0.134. The maximum atomic E-state index is 12.1. The minimum absolute atomic E-state index is 0.00326. The summed E-state index contributed by atoms with van der Waals surface area (Å²) in [6, 6.07) is -0.162. The van der Waals surface area contributed by atoms with Crippen LogP contribution in [-0.2, 0) is 9.53 Å². The normalized spacial score (nSPS) is 23.5. The van der Waals surface area contributed by atoms with Gasteiger partial charge in [-0.1, -0.05) is 13.8 Å². The summed E-state index contributed by atoms with van der Waals surface area (Å²) in [5.41, 5.74) is 0. The van der Waals surface area contributed by atoms with Crippen molar-refractivity contribution in [3.8, 4) is 0 Å². The number of hydrogen-bond acceptors (Lipinski definition) is 4. The van der Waals surface area contributed by atoms with E-state index in [4.69, 9.17) is 4.74 Å². The summed E-state index contributed by atoms with van der Waals surface area (Å²) in [5, 5.41) is 12.9. The molecule has 6 nitrogen and oxygen atoms in total. The number of nitrogens with zero attached hydrogens (tertiary/aromatic N) is 1. The van der Waals surface area contributed by atoms with Gasteiger partial charge >= 0.3 is 6.09 Å². The molecule has 0 aliphatic carbocycles. The Morgan fingerprint density at radius 3 is 2.62 bits per heavy atom. The van der Waals surface area contributed by atoms with Crippen LogP contribution in [-0.4, -0.2) is 53.8 Å². The van der Waals surface area contributed by atoms with Crippen LogP contribution in [0.5, 0.6) is 0 Å². The van der Waals surface area contributed by atoms with E-state index in [-0.39, 0.29) is 17.9 Å². The van der Waals surface area contributed by atoms with Gasteiger partial charge in [0.2, 0.25) is 5.91 Å². The van der Waals surface area contributed by atoms with E-state index in [9.17, 15) is 14.7 Å². The summed E-state index contributed by atoms with van der Waals surface area (Å²) in [4.78, 5) is 25.4. The standard InChI is InChI=1S/C15H28N2O4/c1-4-7-14(19)17-9-11(13(18)5-2)8-12(10-17)16-15(20)21-6-3/h11-13,18H,4-10H2,1-3H3,(H,16,20). The van der Waals surface area contributed by atoms with Crippen LogP contribution in [0.4, 0.5) is 4.79 Å². The van der Waals surface area contributed by atoms with Gasteiger partial charge in [-0.15, -0.1) is 0 Å². The number of carbonyl (C=O) groups excluding carboxylic acids is 2. The highest BCUT2D eigenvalue weighted by Crippen LogP contribution is 2.23. The number of carbonyl (C=O) groups is 2. The highest BCUT2D eigenvalue weighted by molar-refractivity contribution is 5.76. The van der Waals surface area contributed by atoms with Crippen molar-refractivity contribution in [2.24, 2.45) is 5.92 Å². The topological polar surface area (TPSA) is 78.9 Å². The maximum Gasteiger partial charge on any atom is 0.407 e. The van der Waals surface area contributed by atoms with Gasteiger partial charge in [-0.3, -0.25) is 4.79 Å². The van der Waals surface area contributed by atoms with E-state index in [1.807, 2.05) is 13.8 Å². The minimum atomic E-state index is -0.461. The Morgan fingerprint density at radius 2 is 2.05 bits per heavy atom. The van der Waals surface area contributed by atoms with E-state index in [0.717, 1.165) is 6.42 Å². The van der Waals surface area contributed by atoms with Gasteiger partial charge in [0.15, 0.2) is 0 Å². The second kappa shape index (κ2) is 8.87. The van der Waals surface area contributed by atoms with Crippen molar-refractivity contribution in [2.45, 2.75) is 58.6 Å². The van der Waals surface area contributed by atoms with Crippen molar-refractivity contribution in [2.75, 3.05) is 19.7 Å². The van der Waals surface area contributed by atoms with Crippen LogP contribution in [0.1, 0.15) is 46.5 Å². The number of aliphatic hydroxyl groups excluding tert-OH is 1. The summed E-state index contributed by atoms with van der Waals surface area (Å²) in [5.74, 6) is 0.0812. The van der Waals surface area contributed by atoms with Crippen molar-refractivity contribution in [3.05, 3.63) is 0 Å². The third-order valence-corrected chi connectivity index (χ3v) is 3.86. The molecule has 1 heterocycles. The first-order chi connectivity index (χ1) is 10.0. The lowest BCUT2D eigenvalue weighted by Gasteiger charge is -2.39. The van der Waals surface area contributed by atoms with E-state index in [1.165, 1.54) is 0 Å². The fourth-order valence-corrected chi connectivity index (χ4v) is 2.77. The molecule has 0 spiro atoms. The summed E-state index contributed by atoms with van der Waals surface area (Å²) in [6.07, 6.45) is 1.70. The molecule has 1 fully saturated rings. The van der Waals surface area contributed by atoms with E-state index in [0.29, 0.717) is 39.0 Å². The van der Waals surface area contributed by atoms with Gasteiger partial charge in [0.1, 0.15) is 0 Å². The number of ether oxygens (including phenoxy) is 1. The van der Waals surface area contributed by atoms with Crippen LogP contribution < -0.4 is 5.32 Å². The molecule has 3 atom stereocenters. The molecule has 3 unspecified atom stereocenters. The Labute approximate surface area is 126 Å². The molecule has 0 aromatic rings. The molecule has 0 aromatic heterocycles. The zero-order valence-electron chi connectivity index (χ0n) is 13.3. The Kier molecular flexibility index (Phi) is 7.50. The van der Waals surface area contributed by atoms with E-state index < -0.39 is 12.2 Å². The monoisotopic (exact) mass is 300 g/mol. The third-order valence-electron chi connectivity index (χ3n) is 3.86. The largest absolute Gasteiger partial charge is 0.450 e. The average Bonchev–Trinajstić information content (AvgIpc) is 2.46. The first kappa shape index (κ1) is 17.8. The van der Waals surface area contributed by atoms with Crippen molar-refractivity contribution < 1.29 is 19.4 Å². The molecule has 122 valence electrons. The molecule has 1 rings (SSSR count). The van der Waals surface area contributed by atoms with Gasteiger partial charge in [-0.25, -0.2) is 4.79 Å². The summed E-state index contributed by atoms with van der Waals surface area (Å²) < 4.78 is 4.89. The third kappa shape index (κ3) is 5.53. The average molecular weight is 300 g/mol. The SMILES string of the molecule is CCCC(=O)N1CC(NC(=O)OCC)CC(C(O)CC)C1.